The van der Waals surface area contributed by atoms with Gasteiger partial charge in [0.2, 0.25) is 0 Å². The summed E-state index contributed by atoms with van der Waals surface area (Å²) in [4.78, 5) is 0. The minimum atomic E-state index is 0. The quantitative estimate of drug-likeness (QED) is 0.806. The molecule has 0 aliphatic rings. The van der Waals surface area contributed by atoms with Crippen molar-refractivity contribution >= 4 is 35.6 Å². The van der Waals surface area contributed by atoms with Crippen molar-refractivity contribution < 1.29 is 0 Å². The maximum Gasteiger partial charge on any atom is 0.0406 e. The number of halogens is 3. The van der Waals surface area contributed by atoms with Crippen LogP contribution in [0, 0.1) is 0 Å². The highest BCUT2D eigenvalue weighted by Crippen LogP contribution is 2.09. The molecule has 0 aromatic heterocycles. The zero-order valence-electron chi connectivity index (χ0n) is 8.67. The number of alkyl halides is 1. The van der Waals surface area contributed by atoms with E-state index in [0.717, 1.165) is 18.0 Å². The molecule has 0 saturated heterocycles. The van der Waals surface area contributed by atoms with Crippen LogP contribution in [0.25, 0.3) is 0 Å². The van der Waals surface area contributed by atoms with Crippen LogP contribution in [0.3, 0.4) is 0 Å². The molecule has 4 heteroatoms. The fourth-order valence-corrected chi connectivity index (χ4v) is 1.40. The third-order valence-corrected chi connectivity index (χ3v) is 2.77. The van der Waals surface area contributed by atoms with Crippen LogP contribution in [-0.4, -0.2) is 18.5 Å². The second-order valence-corrected chi connectivity index (χ2v) is 4.13. The highest BCUT2D eigenvalue weighted by atomic mass is 35.5. The summed E-state index contributed by atoms with van der Waals surface area (Å²) >= 11 is 11.5. The van der Waals surface area contributed by atoms with E-state index >= 15 is 0 Å². The van der Waals surface area contributed by atoms with Crippen LogP contribution in [-0.2, 0) is 6.42 Å². The summed E-state index contributed by atoms with van der Waals surface area (Å²) in [6.07, 6.45) is 1.01. The first-order valence-corrected chi connectivity index (χ1v) is 5.67. The molecule has 86 valence electrons. The topological polar surface area (TPSA) is 12.0 Å². The summed E-state index contributed by atoms with van der Waals surface area (Å²) in [5, 5.41) is 4.12. The van der Waals surface area contributed by atoms with Crippen molar-refractivity contribution in [3.8, 4) is 0 Å². The molecular weight excluding hydrogens is 252 g/mol. The van der Waals surface area contributed by atoms with Gasteiger partial charge in [-0.2, -0.15) is 0 Å². The summed E-state index contributed by atoms with van der Waals surface area (Å²) in [6.45, 7) is 3.03. The van der Waals surface area contributed by atoms with Gasteiger partial charge in [-0.1, -0.05) is 23.7 Å². The van der Waals surface area contributed by atoms with Gasteiger partial charge in [0.15, 0.2) is 0 Å². The SMILES string of the molecule is CC(CCl)NCCc1ccc(Cl)cc1.Cl. The molecule has 1 atom stereocenters. The smallest absolute Gasteiger partial charge is 0.0406 e. The molecule has 1 rings (SSSR count). The monoisotopic (exact) mass is 267 g/mol. The van der Waals surface area contributed by atoms with Gasteiger partial charge in [0.05, 0.1) is 0 Å². The fourth-order valence-electron chi connectivity index (χ4n) is 1.17. The summed E-state index contributed by atoms with van der Waals surface area (Å²) in [5.41, 5.74) is 1.30. The summed E-state index contributed by atoms with van der Waals surface area (Å²) in [7, 11) is 0. The lowest BCUT2D eigenvalue weighted by molar-refractivity contribution is 0.595. The van der Waals surface area contributed by atoms with Crippen LogP contribution < -0.4 is 5.32 Å². The molecule has 1 aromatic rings. The average Bonchev–Trinajstić information content (AvgIpc) is 2.21. The predicted octanol–water partition coefficient (Wildman–Crippen LogP) is 3.52. The largest absolute Gasteiger partial charge is 0.313 e. The zero-order valence-corrected chi connectivity index (χ0v) is 11.0. The van der Waals surface area contributed by atoms with E-state index in [1.165, 1.54) is 5.56 Å². The molecule has 15 heavy (non-hydrogen) atoms. The molecule has 1 nitrogen and oxygen atoms in total. The van der Waals surface area contributed by atoms with Crippen molar-refractivity contribution in [3.63, 3.8) is 0 Å². The van der Waals surface area contributed by atoms with E-state index in [2.05, 4.69) is 24.4 Å². The standard InChI is InChI=1S/C11H15Cl2N.ClH/c1-9(8-12)14-7-6-10-2-4-11(13)5-3-10;/h2-5,9,14H,6-8H2,1H3;1H. The molecule has 0 saturated carbocycles. The number of hydrogen-bond acceptors (Lipinski definition) is 1. The summed E-state index contributed by atoms with van der Waals surface area (Å²) in [6, 6.07) is 8.32. The lowest BCUT2D eigenvalue weighted by Crippen LogP contribution is -2.29. The minimum absolute atomic E-state index is 0. The van der Waals surface area contributed by atoms with Gasteiger partial charge in [0, 0.05) is 16.9 Å². The molecule has 1 N–H and O–H groups in total. The average molecular weight is 269 g/mol. The van der Waals surface area contributed by atoms with Gasteiger partial charge in [-0.25, -0.2) is 0 Å². The molecular formula is C11H16Cl3N. The van der Waals surface area contributed by atoms with E-state index in [-0.39, 0.29) is 12.4 Å². The second-order valence-electron chi connectivity index (χ2n) is 3.39. The zero-order chi connectivity index (χ0) is 10.4. The lowest BCUT2D eigenvalue weighted by Gasteiger charge is -2.09. The number of hydrogen-bond donors (Lipinski definition) is 1. The minimum Gasteiger partial charge on any atom is -0.313 e. The van der Waals surface area contributed by atoms with Crippen LogP contribution in [0.1, 0.15) is 12.5 Å². The molecule has 0 spiro atoms. The molecule has 1 aromatic carbocycles. The third-order valence-electron chi connectivity index (χ3n) is 2.05. The predicted molar refractivity (Wildman–Crippen MR) is 70.6 cm³/mol. The van der Waals surface area contributed by atoms with Gasteiger partial charge in [-0.3, -0.25) is 0 Å². The van der Waals surface area contributed by atoms with Gasteiger partial charge >= 0.3 is 0 Å². The highest BCUT2D eigenvalue weighted by Gasteiger charge is 1.98. The van der Waals surface area contributed by atoms with E-state index in [1.807, 2.05) is 12.1 Å². The van der Waals surface area contributed by atoms with Crippen LogP contribution in [0.15, 0.2) is 24.3 Å². The third kappa shape index (κ3) is 6.26. The lowest BCUT2D eigenvalue weighted by atomic mass is 10.1. The van der Waals surface area contributed by atoms with Crippen molar-refractivity contribution in [2.45, 2.75) is 19.4 Å². The van der Waals surface area contributed by atoms with Crippen molar-refractivity contribution in [1.82, 2.24) is 5.32 Å². The van der Waals surface area contributed by atoms with Gasteiger partial charge in [-0.15, -0.1) is 24.0 Å². The van der Waals surface area contributed by atoms with Crippen molar-refractivity contribution in [2.24, 2.45) is 0 Å². The Morgan fingerprint density at radius 1 is 1.27 bits per heavy atom. The van der Waals surface area contributed by atoms with Gasteiger partial charge < -0.3 is 5.32 Å². The first kappa shape index (κ1) is 15.0. The maximum absolute atomic E-state index is 5.79. The Morgan fingerprint density at radius 3 is 2.40 bits per heavy atom. The Balaban J connectivity index is 0.00000196. The summed E-state index contributed by atoms with van der Waals surface area (Å²) < 4.78 is 0. The molecule has 0 aliphatic carbocycles. The number of rotatable bonds is 5. The van der Waals surface area contributed by atoms with Gasteiger partial charge in [0.25, 0.3) is 0 Å². The van der Waals surface area contributed by atoms with E-state index in [0.29, 0.717) is 11.9 Å². The molecule has 0 bridgehead atoms. The number of nitrogens with one attached hydrogen (secondary N) is 1. The van der Waals surface area contributed by atoms with Crippen LogP contribution in [0.5, 0.6) is 0 Å². The molecule has 0 heterocycles. The van der Waals surface area contributed by atoms with Crippen molar-refractivity contribution in [2.75, 3.05) is 12.4 Å². The first-order chi connectivity index (χ1) is 6.72. The van der Waals surface area contributed by atoms with Gasteiger partial charge in [0.1, 0.15) is 0 Å². The normalized spacial score (nSPS) is 11.9. The Labute approximate surface area is 108 Å². The first-order valence-electron chi connectivity index (χ1n) is 4.76. The van der Waals surface area contributed by atoms with E-state index in [1.54, 1.807) is 0 Å². The Hall–Kier alpha value is 0.0500. The van der Waals surface area contributed by atoms with Crippen molar-refractivity contribution in [1.29, 1.82) is 0 Å². The molecule has 0 aliphatic heterocycles. The van der Waals surface area contributed by atoms with E-state index < -0.39 is 0 Å². The van der Waals surface area contributed by atoms with Crippen LogP contribution >= 0.6 is 35.6 Å². The Morgan fingerprint density at radius 2 is 1.87 bits per heavy atom. The molecule has 1 unspecified atom stereocenters. The molecule has 0 fully saturated rings. The highest BCUT2D eigenvalue weighted by molar-refractivity contribution is 6.30. The Kier molecular flexibility index (Phi) is 8.26. The maximum atomic E-state index is 5.79. The molecule has 0 amide bonds. The van der Waals surface area contributed by atoms with E-state index in [9.17, 15) is 0 Å². The van der Waals surface area contributed by atoms with Crippen LogP contribution in [0.2, 0.25) is 5.02 Å². The van der Waals surface area contributed by atoms with E-state index in [4.69, 9.17) is 23.2 Å². The molecule has 0 radical (unpaired) electrons. The van der Waals surface area contributed by atoms with Crippen molar-refractivity contribution in [3.05, 3.63) is 34.9 Å². The Bertz CT molecular complexity index is 261. The summed E-state index contributed by atoms with van der Waals surface area (Å²) in [5.74, 6) is 0.653. The number of benzene rings is 1. The fraction of sp³-hybridized carbons (Fsp3) is 0.455. The second kappa shape index (κ2) is 8.23. The van der Waals surface area contributed by atoms with Gasteiger partial charge in [-0.05, 0) is 37.6 Å². The van der Waals surface area contributed by atoms with Crippen LogP contribution in [0.4, 0.5) is 0 Å².